The van der Waals surface area contributed by atoms with Crippen LogP contribution >= 0.6 is 0 Å². The van der Waals surface area contributed by atoms with Gasteiger partial charge in [0, 0.05) is 5.56 Å². The molecule has 0 aliphatic heterocycles. The monoisotopic (exact) mass is 454 g/mol. The Morgan fingerprint density at radius 3 is 1.97 bits per heavy atom. The minimum Gasteiger partial charge on any atom is -0.494 e. The molecule has 0 aromatic heterocycles. The third kappa shape index (κ3) is 8.33. The van der Waals surface area contributed by atoms with Gasteiger partial charge in [0.25, 0.3) is 0 Å². The van der Waals surface area contributed by atoms with E-state index in [0.717, 1.165) is 42.7 Å². The highest BCUT2D eigenvalue weighted by Crippen LogP contribution is 2.21. The number of unbranched alkanes of at least 4 members (excludes halogenated alkanes) is 5. The Hall–Kier alpha value is -3.13. The summed E-state index contributed by atoms with van der Waals surface area (Å²) in [4.78, 5) is 12.6. The van der Waals surface area contributed by atoms with E-state index >= 15 is 0 Å². The lowest BCUT2D eigenvalue weighted by molar-refractivity contribution is 0.104. The Balaban J connectivity index is 1.47. The summed E-state index contributed by atoms with van der Waals surface area (Å²) < 4.78 is 5.84. The summed E-state index contributed by atoms with van der Waals surface area (Å²) in [5.41, 5.74) is 5.35. The molecule has 0 heterocycles. The SMILES string of the molecule is CCCCCCCCOc1ccc(C=CC(=O)c2ccc(-c3ccc(CCC)cc3)cc2)cc1. The fourth-order valence-corrected chi connectivity index (χ4v) is 4.00. The van der Waals surface area contributed by atoms with Crippen LogP contribution in [0.3, 0.4) is 0 Å². The Kier molecular flexibility index (Phi) is 10.6. The second-order valence-electron chi connectivity index (χ2n) is 8.91. The highest BCUT2D eigenvalue weighted by molar-refractivity contribution is 6.07. The second kappa shape index (κ2) is 14.2. The van der Waals surface area contributed by atoms with Gasteiger partial charge in [-0.2, -0.15) is 0 Å². The molecule has 0 aliphatic rings. The Labute approximate surface area is 205 Å². The summed E-state index contributed by atoms with van der Waals surface area (Å²) in [7, 11) is 0. The van der Waals surface area contributed by atoms with E-state index in [1.165, 1.54) is 43.2 Å². The molecule has 0 atom stereocenters. The zero-order chi connectivity index (χ0) is 24.0. The van der Waals surface area contributed by atoms with Crippen LogP contribution in [0.4, 0.5) is 0 Å². The van der Waals surface area contributed by atoms with Gasteiger partial charge in [0.15, 0.2) is 5.78 Å². The molecule has 2 nitrogen and oxygen atoms in total. The van der Waals surface area contributed by atoms with E-state index in [9.17, 15) is 4.79 Å². The average molecular weight is 455 g/mol. The van der Waals surface area contributed by atoms with Gasteiger partial charge in [-0.15, -0.1) is 0 Å². The fourth-order valence-electron chi connectivity index (χ4n) is 4.00. The first-order valence-electron chi connectivity index (χ1n) is 12.8. The van der Waals surface area contributed by atoms with Crippen molar-refractivity contribution in [3.05, 3.63) is 95.6 Å². The number of ketones is 1. The molecule has 0 N–H and O–H groups in total. The van der Waals surface area contributed by atoms with E-state index in [4.69, 9.17) is 4.74 Å². The molecule has 3 aromatic carbocycles. The van der Waals surface area contributed by atoms with E-state index in [1.807, 2.05) is 54.6 Å². The maximum atomic E-state index is 12.6. The van der Waals surface area contributed by atoms with Gasteiger partial charge < -0.3 is 4.74 Å². The second-order valence-corrected chi connectivity index (χ2v) is 8.91. The van der Waals surface area contributed by atoms with Crippen molar-refractivity contribution in [2.75, 3.05) is 6.61 Å². The molecular formula is C32H38O2. The standard InChI is InChI=1S/C32H38O2/c1-3-5-6-7-8-9-25-34-31-22-13-27(14-23-31)15-24-32(33)30-20-18-29(19-21-30)28-16-11-26(10-4-2)12-17-28/h11-24H,3-10,25H2,1-2H3. The highest BCUT2D eigenvalue weighted by Gasteiger charge is 2.04. The number of hydrogen-bond acceptors (Lipinski definition) is 2. The molecule has 0 unspecified atom stereocenters. The molecular weight excluding hydrogens is 416 g/mol. The van der Waals surface area contributed by atoms with Crippen molar-refractivity contribution in [1.29, 1.82) is 0 Å². The molecule has 3 aromatic rings. The topological polar surface area (TPSA) is 26.3 Å². The minimum absolute atomic E-state index is 0.00763. The molecule has 0 fully saturated rings. The number of aryl methyl sites for hydroxylation is 1. The lowest BCUT2D eigenvalue weighted by Gasteiger charge is -2.06. The Morgan fingerprint density at radius 1 is 0.706 bits per heavy atom. The number of ether oxygens (including phenoxy) is 1. The first kappa shape index (κ1) is 25.5. The summed E-state index contributed by atoms with van der Waals surface area (Å²) in [6.45, 7) is 5.20. The lowest BCUT2D eigenvalue weighted by atomic mass is 10.00. The van der Waals surface area contributed by atoms with Crippen LogP contribution in [0.2, 0.25) is 0 Å². The smallest absolute Gasteiger partial charge is 0.185 e. The van der Waals surface area contributed by atoms with Gasteiger partial charge >= 0.3 is 0 Å². The van der Waals surface area contributed by atoms with Gasteiger partial charge in [-0.3, -0.25) is 4.79 Å². The Bertz CT molecular complexity index is 1010. The average Bonchev–Trinajstić information content (AvgIpc) is 2.88. The first-order valence-corrected chi connectivity index (χ1v) is 12.8. The van der Waals surface area contributed by atoms with Gasteiger partial charge in [0.05, 0.1) is 6.61 Å². The van der Waals surface area contributed by atoms with Crippen LogP contribution < -0.4 is 4.74 Å². The van der Waals surface area contributed by atoms with Crippen LogP contribution in [0.1, 0.15) is 80.3 Å². The summed E-state index contributed by atoms with van der Waals surface area (Å²) >= 11 is 0. The van der Waals surface area contributed by atoms with Gasteiger partial charge in [-0.05, 0) is 53.3 Å². The van der Waals surface area contributed by atoms with Gasteiger partial charge in [0.1, 0.15) is 5.75 Å². The van der Waals surface area contributed by atoms with Crippen molar-refractivity contribution < 1.29 is 9.53 Å². The molecule has 0 amide bonds. The summed E-state index contributed by atoms with van der Waals surface area (Å²) in [6, 6.07) is 24.5. The van der Waals surface area contributed by atoms with E-state index < -0.39 is 0 Å². The van der Waals surface area contributed by atoms with Crippen molar-refractivity contribution in [3.8, 4) is 16.9 Å². The number of allylic oxidation sites excluding steroid dienone is 1. The van der Waals surface area contributed by atoms with Gasteiger partial charge in [-0.1, -0.05) is 119 Å². The molecule has 2 heteroatoms. The van der Waals surface area contributed by atoms with E-state index in [2.05, 4.69) is 38.1 Å². The minimum atomic E-state index is 0.00763. The van der Waals surface area contributed by atoms with Crippen LogP contribution in [0.5, 0.6) is 5.75 Å². The molecule has 34 heavy (non-hydrogen) atoms. The molecule has 0 spiro atoms. The first-order chi connectivity index (χ1) is 16.7. The van der Waals surface area contributed by atoms with Crippen molar-refractivity contribution in [2.45, 2.75) is 65.2 Å². The number of carbonyl (C=O) groups is 1. The van der Waals surface area contributed by atoms with Gasteiger partial charge in [0.2, 0.25) is 0 Å². The Morgan fingerprint density at radius 2 is 1.32 bits per heavy atom. The van der Waals surface area contributed by atoms with E-state index in [1.54, 1.807) is 6.08 Å². The predicted octanol–water partition coefficient (Wildman–Crippen LogP) is 8.94. The van der Waals surface area contributed by atoms with Crippen LogP contribution in [0.15, 0.2) is 78.9 Å². The van der Waals surface area contributed by atoms with Crippen LogP contribution in [0, 0.1) is 0 Å². The lowest BCUT2D eigenvalue weighted by Crippen LogP contribution is -1.97. The zero-order valence-electron chi connectivity index (χ0n) is 20.8. The van der Waals surface area contributed by atoms with E-state index in [-0.39, 0.29) is 5.78 Å². The zero-order valence-corrected chi connectivity index (χ0v) is 20.8. The largest absolute Gasteiger partial charge is 0.494 e. The third-order valence-electron chi connectivity index (χ3n) is 6.07. The molecule has 0 saturated carbocycles. The van der Waals surface area contributed by atoms with Crippen LogP contribution in [-0.2, 0) is 6.42 Å². The summed E-state index contributed by atoms with van der Waals surface area (Å²) in [6.07, 6.45) is 13.3. The summed E-state index contributed by atoms with van der Waals surface area (Å²) in [5.74, 6) is 0.892. The quantitative estimate of drug-likeness (QED) is 0.138. The molecule has 3 rings (SSSR count). The van der Waals surface area contributed by atoms with Crippen LogP contribution in [-0.4, -0.2) is 12.4 Å². The molecule has 0 radical (unpaired) electrons. The van der Waals surface area contributed by atoms with Crippen molar-refractivity contribution in [2.24, 2.45) is 0 Å². The number of hydrogen-bond donors (Lipinski definition) is 0. The van der Waals surface area contributed by atoms with Crippen molar-refractivity contribution in [1.82, 2.24) is 0 Å². The van der Waals surface area contributed by atoms with Gasteiger partial charge in [-0.25, -0.2) is 0 Å². The molecule has 0 bridgehead atoms. The maximum absolute atomic E-state index is 12.6. The number of rotatable bonds is 14. The fraction of sp³-hybridized carbons (Fsp3) is 0.344. The molecule has 0 aliphatic carbocycles. The molecule has 178 valence electrons. The van der Waals surface area contributed by atoms with Crippen molar-refractivity contribution >= 4 is 11.9 Å². The maximum Gasteiger partial charge on any atom is 0.185 e. The van der Waals surface area contributed by atoms with Crippen molar-refractivity contribution in [3.63, 3.8) is 0 Å². The van der Waals surface area contributed by atoms with E-state index in [0.29, 0.717) is 5.56 Å². The number of carbonyl (C=O) groups excluding carboxylic acids is 1. The highest BCUT2D eigenvalue weighted by atomic mass is 16.5. The number of benzene rings is 3. The predicted molar refractivity (Wildman–Crippen MR) is 145 cm³/mol. The molecule has 0 saturated heterocycles. The van der Waals surface area contributed by atoms with Crippen LogP contribution in [0.25, 0.3) is 17.2 Å². The third-order valence-corrected chi connectivity index (χ3v) is 6.07. The normalized spacial score (nSPS) is 11.1. The summed E-state index contributed by atoms with van der Waals surface area (Å²) in [5, 5.41) is 0.